The number of likely N-dealkylation sites (N-methyl/N-ethyl adjacent to an activating group) is 1. The first-order valence-corrected chi connectivity index (χ1v) is 14.7. The van der Waals surface area contributed by atoms with Crippen LogP contribution in [0.4, 0.5) is 10.5 Å². The van der Waals surface area contributed by atoms with Crippen molar-refractivity contribution in [2.45, 2.75) is 58.7 Å². The van der Waals surface area contributed by atoms with Gasteiger partial charge in [-0.1, -0.05) is 43.5 Å². The molecule has 1 atom stereocenters. The van der Waals surface area contributed by atoms with Crippen molar-refractivity contribution in [3.8, 4) is 11.5 Å². The Balaban J connectivity index is 1.38. The van der Waals surface area contributed by atoms with Crippen molar-refractivity contribution in [3.63, 3.8) is 0 Å². The molecule has 2 aliphatic rings. The molecule has 0 bridgehead atoms. The number of amides is 2. The van der Waals surface area contributed by atoms with E-state index in [1.807, 2.05) is 40.3 Å². The lowest BCUT2D eigenvalue weighted by Crippen LogP contribution is -2.53. The van der Waals surface area contributed by atoms with Crippen molar-refractivity contribution in [2.24, 2.45) is 4.99 Å². The molecule has 40 heavy (non-hydrogen) atoms. The molecule has 0 unspecified atom stereocenters. The number of ether oxygens (including phenoxy) is 2. The smallest absolute Gasteiger partial charge is 0.325 e. The van der Waals surface area contributed by atoms with Gasteiger partial charge in [-0.05, 0) is 43.5 Å². The lowest BCUT2D eigenvalue weighted by atomic mass is 10.1. The van der Waals surface area contributed by atoms with E-state index >= 15 is 0 Å². The second-order valence-corrected chi connectivity index (χ2v) is 11.1. The van der Waals surface area contributed by atoms with E-state index in [1.54, 1.807) is 7.11 Å². The van der Waals surface area contributed by atoms with Crippen LogP contribution in [0.1, 0.15) is 45.1 Å². The number of carbonyl (C=O) groups is 1. The predicted octanol–water partition coefficient (Wildman–Crippen LogP) is 6.44. The fraction of sp³-hybridized carbons (Fsp3) is 0.484. The average Bonchev–Trinajstić information content (AvgIpc) is 3.51. The maximum absolute atomic E-state index is 13.9. The molecular weight excluding hydrogens is 526 g/mol. The molecule has 2 amide bonds. The third kappa shape index (κ3) is 5.73. The van der Waals surface area contributed by atoms with E-state index in [2.05, 4.69) is 47.5 Å². The van der Waals surface area contributed by atoms with Gasteiger partial charge >= 0.3 is 6.03 Å². The number of hydrogen-bond donors (Lipinski definition) is 0. The van der Waals surface area contributed by atoms with Crippen LogP contribution in [0.15, 0.2) is 47.6 Å². The summed E-state index contributed by atoms with van der Waals surface area (Å²) in [4.78, 5) is 24.5. The molecular formula is C31H40ClN5O3. The van der Waals surface area contributed by atoms with Gasteiger partial charge in [0, 0.05) is 56.1 Å². The second-order valence-electron chi connectivity index (χ2n) is 10.7. The van der Waals surface area contributed by atoms with Crippen LogP contribution in [-0.2, 0) is 13.1 Å². The summed E-state index contributed by atoms with van der Waals surface area (Å²) in [6.45, 7) is 8.49. The van der Waals surface area contributed by atoms with E-state index in [9.17, 15) is 4.79 Å². The van der Waals surface area contributed by atoms with Gasteiger partial charge in [0.1, 0.15) is 5.84 Å². The van der Waals surface area contributed by atoms with Crippen LogP contribution in [0.2, 0.25) is 5.02 Å². The zero-order valence-electron chi connectivity index (χ0n) is 24.0. The summed E-state index contributed by atoms with van der Waals surface area (Å²) in [5, 5.41) is 1.69. The molecule has 1 saturated heterocycles. The molecule has 3 aromatic rings. The van der Waals surface area contributed by atoms with E-state index in [0.717, 1.165) is 66.8 Å². The highest BCUT2D eigenvalue weighted by atomic mass is 35.5. The number of methoxy groups -OCH3 is 1. The monoisotopic (exact) mass is 565 g/mol. The van der Waals surface area contributed by atoms with Gasteiger partial charge in [-0.2, -0.15) is 0 Å². The number of halogens is 1. The number of unbranched alkanes of at least 4 members (excludes halogenated alkanes) is 2. The van der Waals surface area contributed by atoms with Crippen LogP contribution in [0.5, 0.6) is 11.5 Å². The van der Waals surface area contributed by atoms with E-state index < -0.39 is 0 Å². The Morgan fingerprint density at radius 2 is 1.95 bits per heavy atom. The van der Waals surface area contributed by atoms with Crippen molar-refractivity contribution in [2.75, 3.05) is 45.3 Å². The van der Waals surface area contributed by atoms with Gasteiger partial charge in [-0.25, -0.2) is 4.79 Å². The maximum Gasteiger partial charge on any atom is 0.325 e. The Labute approximate surface area is 242 Å². The lowest BCUT2D eigenvalue weighted by molar-refractivity contribution is 0.166. The number of rotatable bonds is 11. The largest absolute Gasteiger partial charge is 0.493 e. The van der Waals surface area contributed by atoms with Gasteiger partial charge in [0.2, 0.25) is 0 Å². The third-order valence-electron chi connectivity index (χ3n) is 8.01. The van der Waals surface area contributed by atoms with Gasteiger partial charge in [-0.3, -0.25) is 9.89 Å². The van der Waals surface area contributed by atoms with Crippen molar-refractivity contribution in [1.82, 2.24) is 14.4 Å². The average molecular weight is 566 g/mol. The van der Waals surface area contributed by atoms with Gasteiger partial charge in [-0.15, -0.1) is 0 Å². The molecule has 5 rings (SSSR count). The third-order valence-corrected chi connectivity index (χ3v) is 8.30. The number of anilines is 1. The van der Waals surface area contributed by atoms with Crippen molar-refractivity contribution < 1.29 is 14.3 Å². The minimum absolute atomic E-state index is 0.0182. The molecule has 214 valence electrons. The van der Waals surface area contributed by atoms with E-state index in [1.165, 1.54) is 0 Å². The highest BCUT2D eigenvalue weighted by Gasteiger charge is 2.33. The molecule has 0 N–H and O–H groups in total. The molecule has 2 aliphatic heterocycles. The van der Waals surface area contributed by atoms with Crippen LogP contribution in [-0.4, -0.2) is 72.7 Å². The molecule has 2 aromatic carbocycles. The Bertz CT molecular complexity index is 1390. The second kappa shape index (κ2) is 12.4. The van der Waals surface area contributed by atoms with E-state index in [0.29, 0.717) is 42.8 Å². The maximum atomic E-state index is 13.9. The van der Waals surface area contributed by atoms with Gasteiger partial charge < -0.3 is 23.8 Å². The molecule has 0 aliphatic carbocycles. The van der Waals surface area contributed by atoms with Gasteiger partial charge in [0.25, 0.3) is 0 Å². The number of urea groups is 1. The summed E-state index contributed by atoms with van der Waals surface area (Å²) in [5.74, 6) is 2.41. The number of amidine groups is 1. The number of nitrogens with zero attached hydrogens (tertiary/aromatic N) is 5. The standard InChI is InChI=1S/C31H40ClN5O3/c1-5-6-7-17-40-28-18-24(11-12-27(28)39-4)36-15-13-22(2)37(31(36)38)19-23-9-8-10-26-30(23)25(32)20-35(26)21-29-33-14-16-34(29)3/h8-12,18,20,22H,5-7,13-17,19,21H2,1-4H3/t22-/m0/s1. The summed E-state index contributed by atoms with van der Waals surface area (Å²) in [5.41, 5.74) is 2.91. The van der Waals surface area contributed by atoms with E-state index in [4.69, 9.17) is 21.1 Å². The molecule has 1 fully saturated rings. The SMILES string of the molecule is CCCCCOc1cc(N2CC[C@H](C)N(Cc3cccc4c3c(Cl)cn4CC3=NCCN3C)C2=O)ccc1OC. The Morgan fingerprint density at radius 1 is 1.10 bits per heavy atom. The Morgan fingerprint density at radius 3 is 2.70 bits per heavy atom. The number of fused-ring (bicyclic) bond motifs is 1. The summed E-state index contributed by atoms with van der Waals surface area (Å²) < 4.78 is 13.7. The Kier molecular flexibility index (Phi) is 8.74. The number of aliphatic imine (C=N–C) groups is 1. The van der Waals surface area contributed by atoms with Crippen LogP contribution >= 0.6 is 11.6 Å². The van der Waals surface area contributed by atoms with E-state index in [-0.39, 0.29) is 12.1 Å². The molecule has 0 saturated carbocycles. The highest BCUT2D eigenvalue weighted by molar-refractivity contribution is 6.36. The molecule has 0 spiro atoms. The quantitative estimate of drug-likeness (QED) is 0.251. The van der Waals surface area contributed by atoms with Crippen LogP contribution in [0, 0.1) is 0 Å². The first kappa shape index (κ1) is 28.1. The molecule has 0 radical (unpaired) electrons. The number of aromatic nitrogens is 1. The fourth-order valence-electron chi connectivity index (χ4n) is 5.57. The summed E-state index contributed by atoms with van der Waals surface area (Å²) in [6.07, 6.45) is 6.08. The fourth-order valence-corrected chi connectivity index (χ4v) is 5.91. The number of carbonyl (C=O) groups excluding carboxylic acids is 1. The minimum atomic E-state index is -0.0182. The van der Waals surface area contributed by atoms with Crippen LogP contribution in [0.25, 0.3) is 10.9 Å². The number of benzene rings is 2. The normalized spacial score (nSPS) is 17.6. The minimum Gasteiger partial charge on any atom is -0.493 e. The zero-order valence-corrected chi connectivity index (χ0v) is 24.8. The molecule has 9 heteroatoms. The number of hydrogen-bond acceptors (Lipinski definition) is 5. The van der Waals surface area contributed by atoms with Crippen LogP contribution in [0.3, 0.4) is 0 Å². The van der Waals surface area contributed by atoms with Crippen molar-refractivity contribution in [3.05, 3.63) is 53.2 Å². The first-order chi connectivity index (χ1) is 19.4. The summed E-state index contributed by atoms with van der Waals surface area (Å²) >= 11 is 6.81. The molecule has 8 nitrogen and oxygen atoms in total. The predicted molar refractivity (Wildman–Crippen MR) is 162 cm³/mol. The van der Waals surface area contributed by atoms with Crippen molar-refractivity contribution in [1.29, 1.82) is 0 Å². The highest BCUT2D eigenvalue weighted by Crippen LogP contribution is 2.35. The summed E-state index contributed by atoms with van der Waals surface area (Å²) in [7, 11) is 3.71. The lowest BCUT2D eigenvalue weighted by Gasteiger charge is -2.40. The zero-order chi connectivity index (χ0) is 28.2. The summed E-state index contributed by atoms with van der Waals surface area (Å²) in [6, 6.07) is 12.0. The van der Waals surface area contributed by atoms with Crippen LogP contribution < -0.4 is 14.4 Å². The van der Waals surface area contributed by atoms with Gasteiger partial charge in [0.15, 0.2) is 11.5 Å². The van der Waals surface area contributed by atoms with Gasteiger partial charge in [0.05, 0.1) is 37.3 Å². The molecule has 3 heterocycles. The Hall–Kier alpha value is -3.39. The molecule has 1 aromatic heterocycles. The van der Waals surface area contributed by atoms with Crippen molar-refractivity contribution >= 4 is 40.1 Å². The topological polar surface area (TPSA) is 62.5 Å². The first-order valence-electron chi connectivity index (χ1n) is 14.3.